The summed E-state index contributed by atoms with van der Waals surface area (Å²) in [5, 5.41) is 0.719. The summed E-state index contributed by atoms with van der Waals surface area (Å²) < 4.78 is 14.6. The lowest BCUT2D eigenvalue weighted by molar-refractivity contribution is 0.511. The molecule has 0 heterocycles. The molecule has 1 unspecified atom stereocenters. The highest BCUT2D eigenvalue weighted by molar-refractivity contribution is 9.10. The van der Waals surface area contributed by atoms with E-state index >= 15 is 0 Å². The Hall–Kier alpha value is -0.900. The predicted molar refractivity (Wildman–Crippen MR) is 85.5 cm³/mol. The third kappa shape index (κ3) is 4.30. The van der Waals surface area contributed by atoms with Crippen molar-refractivity contribution in [1.82, 2.24) is 0 Å². The van der Waals surface area contributed by atoms with E-state index in [9.17, 15) is 4.39 Å². The van der Waals surface area contributed by atoms with Crippen LogP contribution in [0, 0.1) is 11.7 Å². The van der Waals surface area contributed by atoms with Crippen molar-refractivity contribution in [2.24, 2.45) is 11.7 Å². The molecule has 2 rings (SSSR count). The zero-order valence-electron chi connectivity index (χ0n) is 11.0. The molecule has 20 heavy (non-hydrogen) atoms. The highest BCUT2D eigenvalue weighted by Crippen LogP contribution is 2.20. The molecule has 0 spiro atoms. The van der Waals surface area contributed by atoms with Gasteiger partial charge in [0.05, 0.1) is 0 Å². The highest BCUT2D eigenvalue weighted by Gasteiger charge is 2.12. The minimum atomic E-state index is -0.186. The Balaban J connectivity index is 2.07. The first kappa shape index (κ1) is 15.5. The fraction of sp³-hybridized carbons (Fsp3) is 0.250. The number of nitrogens with two attached hydrogens (primary N) is 1. The summed E-state index contributed by atoms with van der Waals surface area (Å²) in [4.78, 5) is 0. The monoisotopic (exact) mass is 355 g/mol. The summed E-state index contributed by atoms with van der Waals surface area (Å²) in [6.45, 7) is 0.526. The van der Waals surface area contributed by atoms with E-state index in [4.69, 9.17) is 17.3 Å². The zero-order valence-corrected chi connectivity index (χ0v) is 13.3. The van der Waals surface area contributed by atoms with Crippen LogP contribution in [0.5, 0.6) is 0 Å². The van der Waals surface area contributed by atoms with E-state index in [1.807, 2.05) is 36.4 Å². The second-order valence-electron chi connectivity index (χ2n) is 4.87. The Kier molecular flexibility index (Phi) is 5.58. The molecule has 1 atom stereocenters. The Bertz CT molecular complexity index is 571. The number of hydrogen-bond donors (Lipinski definition) is 1. The second kappa shape index (κ2) is 7.21. The van der Waals surface area contributed by atoms with E-state index in [-0.39, 0.29) is 11.7 Å². The Morgan fingerprint density at radius 1 is 1.10 bits per heavy atom. The second-order valence-corrected chi connectivity index (χ2v) is 6.22. The van der Waals surface area contributed by atoms with Gasteiger partial charge in [0, 0.05) is 9.50 Å². The molecule has 0 amide bonds. The number of benzene rings is 2. The quantitative estimate of drug-likeness (QED) is 0.832. The summed E-state index contributed by atoms with van der Waals surface area (Å²) in [6.07, 6.45) is 1.46. The van der Waals surface area contributed by atoms with Crippen molar-refractivity contribution in [2.75, 3.05) is 6.54 Å². The van der Waals surface area contributed by atoms with Crippen LogP contribution in [-0.4, -0.2) is 6.54 Å². The van der Waals surface area contributed by atoms with Crippen LogP contribution >= 0.6 is 27.5 Å². The van der Waals surface area contributed by atoms with Gasteiger partial charge in [-0.1, -0.05) is 45.7 Å². The molecule has 0 radical (unpaired) electrons. The minimum Gasteiger partial charge on any atom is -0.330 e. The van der Waals surface area contributed by atoms with Crippen LogP contribution in [-0.2, 0) is 12.8 Å². The van der Waals surface area contributed by atoms with Crippen molar-refractivity contribution < 1.29 is 4.39 Å². The maximum absolute atomic E-state index is 13.9. The largest absolute Gasteiger partial charge is 0.330 e. The molecule has 0 fully saturated rings. The van der Waals surface area contributed by atoms with Crippen LogP contribution in [0.3, 0.4) is 0 Å². The standard InChI is InChI=1S/C16H16BrClFN/c17-14-4-3-13(16(19)9-14)8-12(10-20)7-11-1-5-15(18)6-2-11/h1-6,9,12H,7-8,10,20H2. The van der Waals surface area contributed by atoms with Gasteiger partial charge < -0.3 is 5.73 Å². The number of halogens is 3. The molecule has 2 N–H and O–H groups in total. The van der Waals surface area contributed by atoms with E-state index < -0.39 is 0 Å². The molecule has 1 nitrogen and oxygen atoms in total. The lowest BCUT2D eigenvalue weighted by Crippen LogP contribution is -2.19. The van der Waals surface area contributed by atoms with Crippen molar-refractivity contribution in [3.05, 3.63) is 68.9 Å². The number of rotatable bonds is 5. The summed E-state index contributed by atoms with van der Waals surface area (Å²) in [5.74, 6) is 0.0285. The fourth-order valence-corrected chi connectivity index (χ4v) is 2.65. The first-order valence-electron chi connectivity index (χ1n) is 6.47. The van der Waals surface area contributed by atoms with Crippen LogP contribution in [0.1, 0.15) is 11.1 Å². The average molecular weight is 357 g/mol. The van der Waals surface area contributed by atoms with Gasteiger partial charge in [-0.05, 0) is 60.7 Å². The first-order chi connectivity index (χ1) is 9.58. The molecular weight excluding hydrogens is 341 g/mol. The van der Waals surface area contributed by atoms with Crippen molar-refractivity contribution in [1.29, 1.82) is 0 Å². The van der Waals surface area contributed by atoms with Gasteiger partial charge in [-0.3, -0.25) is 0 Å². The van der Waals surface area contributed by atoms with Crippen LogP contribution in [0.4, 0.5) is 4.39 Å². The molecular formula is C16H16BrClFN. The predicted octanol–water partition coefficient (Wildman–Crippen LogP) is 4.60. The Morgan fingerprint density at radius 3 is 2.40 bits per heavy atom. The van der Waals surface area contributed by atoms with Gasteiger partial charge in [-0.25, -0.2) is 4.39 Å². The van der Waals surface area contributed by atoms with Crippen LogP contribution in [0.25, 0.3) is 0 Å². The van der Waals surface area contributed by atoms with Gasteiger partial charge in [0.1, 0.15) is 5.82 Å². The van der Waals surface area contributed by atoms with Gasteiger partial charge in [0.15, 0.2) is 0 Å². The van der Waals surface area contributed by atoms with Crippen molar-refractivity contribution in [2.45, 2.75) is 12.8 Å². The van der Waals surface area contributed by atoms with E-state index in [0.717, 1.165) is 15.9 Å². The van der Waals surface area contributed by atoms with Gasteiger partial charge in [-0.2, -0.15) is 0 Å². The highest BCUT2D eigenvalue weighted by atomic mass is 79.9. The lowest BCUT2D eigenvalue weighted by Gasteiger charge is -2.15. The summed E-state index contributed by atoms with van der Waals surface area (Å²) in [6, 6.07) is 12.9. The molecule has 0 saturated carbocycles. The first-order valence-corrected chi connectivity index (χ1v) is 7.64. The molecule has 4 heteroatoms. The van der Waals surface area contributed by atoms with E-state index in [1.54, 1.807) is 0 Å². The van der Waals surface area contributed by atoms with E-state index in [0.29, 0.717) is 18.5 Å². The van der Waals surface area contributed by atoms with E-state index in [1.165, 1.54) is 11.6 Å². The SMILES string of the molecule is NCC(Cc1ccc(Cl)cc1)Cc1ccc(Br)cc1F. The van der Waals surface area contributed by atoms with Gasteiger partial charge in [0.2, 0.25) is 0 Å². The fourth-order valence-electron chi connectivity index (χ4n) is 2.19. The van der Waals surface area contributed by atoms with Crippen molar-refractivity contribution >= 4 is 27.5 Å². The molecule has 0 aromatic heterocycles. The third-order valence-corrected chi connectivity index (χ3v) is 4.04. The molecule has 0 saturated heterocycles. The van der Waals surface area contributed by atoms with Crippen LogP contribution < -0.4 is 5.73 Å². The summed E-state index contributed by atoms with van der Waals surface area (Å²) >= 11 is 9.13. The Morgan fingerprint density at radius 2 is 1.80 bits per heavy atom. The third-order valence-electron chi connectivity index (χ3n) is 3.29. The molecule has 0 aliphatic carbocycles. The summed E-state index contributed by atoms with van der Waals surface area (Å²) in [5.41, 5.74) is 7.70. The van der Waals surface area contributed by atoms with E-state index in [2.05, 4.69) is 15.9 Å². The molecule has 2 aromatic carbocycles. The van der Waals surface area contributed by atoms with Crippen LogP contribution in [0.15, 0.2) is 46.9 Å². The smallest absolute Gasteiger partial charge is 0.127 e. The topological polar surface area (TPSA) is 26.0 Å². The van der Waals surface area contributed by atoms with Crippen LogP contribution in [0.2, 0.25) is 5.02 Å². The zero-order chi connectivity index (χ0) is 14.5. The van der Waals surface area contributed by atoms with Gasteiger partial charge in [0.25, 0.3) is 0 Å². The minimum absolute atomic E-state index is 0.186. The summed E-state index contributed by atoms with van der Waals surface area (Å²) in [7, 11) is 0. The molecule has 0 aliphatic rings. The number of hydrogen-bond acceptors (Lipinski definition) is 1. The molecule has 0 aliphatic heterocycles. The average Bonchev–Trinajstić information content (AvgIpc) is 2.43. The lowest BCUT2D eigenvalue weighted by atomic mass is 9.92. The molecule has 106 valence electrons. The normalized spacial score (nSPS) is 12.4. The maximum atomic E-state index is 13.9. The maximum Gasteiger partial charge on any atom is 0.127 e. The van der Waals surface area contributed by atoms with Gasteiger partial charge >= 0.3 is 0 Å². The molecule has 0 bridgehead atoms. The van der Waals surface area contributed by atoms with Crippen molar-refractivity contribution in [3.63, 3.8) is 0 Å². The Labute approximate surface area is 132 Å². The van der Waals surface area contributed by atoms with Crippen molar-refractivity contribution in [3.8, 4) is 0 Å². The van der Waals surface area contributed by atoms with Gasteiger partial charge in [-0.15, -0.1) is 0 Å². The molecule has 2 aromatic rings.